The Hall–Kier alpha value is -1.61. The summed E-state index contributed by atoms with van der Waals surface area (Å²) < 4.78 is 11.0. The molecule has 2 aromatic rings. The highest BCUT2D eigenvalue weighted by molar-refractivity contribution is 8.00. The van der Waals surface area contributed by atoms with Gasteiger partial charge in [0, 0.05) is 10.1 Å². The number of fused-ring (bicyclic) bond motifs is 1. The van der Waals surface area contributed by atoms with Gasteiger partial charge in [-0.1, -0.05) is 18.2 Å². The van der Waals surface area contributed by atoms with E-state index in [1.54, 1.807) is 7.11 Å². The molecule has 98 valence electrons. The summed E-state index contributed by atoms with van der Waals surface area (Å²) in [4.78, 5) is 1.26. The fourth-order valence-corrected chi connectivity index (χ4v) is 3.30. The van der Waals surface area contributed by atoms with Crippen molar-refractivity contribution in [3.63, 3.8) is 0 Å². The predicted octanol–water partition coefficient (Wildman–Crippen LogP) is 3.79. The van der Waals surface area contributed by atoms with E-state index in [4.69, 9.17) is 9.47 Å². The quantitative estimate of drug-likeness (QED) is 0.847. The first-order valence-corrected chi connectivity index (χ1v) is 7.24. The van der Waals surface area contributed by atoms with Gasteiger partial charge in [-0.3, -0.25) is 0 Å². The normalized spacial score (nSPS) is 17.4. The molecule has 3 heteroatoms. The van der Waals surface area contributed by atoms with E-state index in [0.29, 0.717) is 5.25 Å². The van der Waals surface area contributed by atoms with Gasteiger partial charge in [0.25, 0.3) is 0 Å². The van der Waals surface area contributed by atoms with E-state index in [1.807, 2.05) is 36.0 Å². The van der Waals surface area contributed by atoms with Crippen LogP contribution >= 0.6 is 11.8 Å². The Morgan fingerprint density at radius 1 is 1.11 bits per heavy atom. The maximum Gasteiger partial charge on any atom is 0.122 e. The van der Waals surface area contributed by atoms with Crippen LogP contribution in [0, 0.1) is 0 Å². The Labute approximate surface area is 117 Å². The Bertz CT molecular complexity index is 551. The highest BCUT2D eigenvalue weighted by Crippen LogP contribution is 2.33. The van der Waals surface area contributed by atoms with Crippen molar-refractivity contribution in [3.8, 4) is 11.5 Å². The third-order valence-corrected chi connectivity index (χ3v) is 4.39. The fourth-order valence-electron chi connectivity index (χ4n) is 2.22. The lowest BCUT2D eigenvalue weighted by Crippen LogP contribution is -2.22. The number of benzene rings is 2. The first kappa shape index (κ1) is 12.4. The maximum absolute atomic E-state index is 5.81. The molecule has 0 saturated heterocycles. The molecule has 0 aromatic heterocycles. The average Bonchev–Trinajstić information content (AvgIpc) is 2.48. The van der Waals surface area contributed by atoms with E-state index in [9.17, 15) is 0 Å². The van der Waals surface area contributed by atoms with Gasteiger partial charge in [-0.05, 0) is 42.3 Å². The summed E-state index contributed by atoms with van der Waals surface area (Å²) in [6, 6.07) is 16.5. The second-order valence-electron chi connectivity index (χ2n) is 4.54. The third-order valence-electron chi connectivity index (χ3n) is 3.21. The van der Waals surface area contributed by atoms with Crippen molar-refractivity contribution >= 4 is 11.8 Å². The molecule has 0 saturated carbocycles. The van der Waals surface area contributed by atoms with Gasteiger partial charge >= 0.3 is 0 Å². The lowest BCUT2D eigenvalue weighted by atomic mass is 10.1. The van der Waals surface area contributed by atoms with Crippen LogP contribution in [0.2, 0.25) is 0 Å². The Morgan fingerprint density at radius 3 is 2.68 bits per heavy atom. The predicted molar refractivity (Wildman–Crippen MR) is 78.3 cm³/mol. The van der Waals surface area contributed by atoms with Gasteiger partial charge < -0.3 is 9.47 Å². The molecule has 0 bridgehead atoms. The third kappa shape index (κ3) is 2.87. The van der Waals surface area contributed by atoms with E-state index in [0.717, 1.165) is 24.5 Å². The van der Waals surface area contributed by atoms with Crippen molar-refractivity contribution in [2.24, 2.45) is 0 Å². The number of para-hydroxylation sites is 1. The number of ether oxygens (including phenoxy) is 2. The van der Waals surface area contributed by atoms with Gasteiger partial charge in [-0.15, -0.1) is 11.8 Å². The zero-order valence-electron chi connectivity index (χ0n) is 10.8. The number of hydrogen-bond acceptors (Lipinski definition) is 3. The molecule has 1 unspecified atom stereocenters. The zero-order valence-corrected chi connectivity index (χ0v) is 11.7. The van der Waals surface area contributed by atoms with Gasteiger partial charge in [-0.25, -0.2) is 0 Å². The summed E-state index contributed by atoms with van der Waals surface area (Å²) in [7, 11) is 1.69. The first-order chi connectivity index (χ1) is 9.35. The van der Waals surface area contributed by atoms with Crippen molar-refractivity contribution in [2.75, 3.05) is 13.7 Å². The first-order valence-electron chi connectivity index (χ1n) is 6.36. The van der Waals surface area contributed by atoms with Gasteiger partial charge in [0.2, 0.25) is 0 Å². The molecule has 1 aliphatic heterocycles. The number of hydrogen-bond donors (Lipinski definition) is 0. The minimum absolute atomic E-state index is 0.475. The Balaban J connectivity index is 1.68. The minimum atomic E-state index is 0.475. The molecule has 0 aliphatic carbocycles. The van der Waals surface area contributed by atoms with Crippen LogP contribution in [-0.4, -0.2) is 19.0 Å². The molecular formula is C16H16O2S. The van der Waals surface area contributed by atoms with Crippen LogP contribution in [0.25, 0.3) is 0 Å². The largest absolute Gasteiger partial charge is 0.497 e. The summed E-state index contributed by atoms with van der Waals surface area (Å²) in [5.74, 6) is 1.93. The molecule has 2 nitrogen and oxygen atoms in total. The van der Waals surface area contributed by atoms with Crippen LogP contribution in [0.5, 0.6) is 11.5 Å². The monoisotopic (exact) mass is 272 g/mol. The summed E-state index contributed by atoms with van der Waals surface area (Å²) >= 11 is 1.87. The zero-order chi connectivity index (χ0) is 13.1. The molecule has 0 fully saturated rings. The molecule has 0 N–H and O–H groups in total. The SMILES string of the molecule is COc1ccc(SC2COc3ccccc3C2)cc1. The van der Waals surface area contributed by atoms with Crippen molar-refractivity contribution in [3.05, 3.63) is 54.1 Å². The van der Waals surface area contributed by atoms with Crippen LogP contribution in [0.15, 0.2) is 53.4 Å². The van der Waals surface area contributed by atoms with Gasteiger partial charge in [-0.2, -0.15) is 0 Å². The lowest BCUT2D eigenvalue weighted by Gasteiger charge is -2.24. The molecular weight excluding hydrogens is 256 g/mol. The van der Waals surface area contributed by atoms with E-state index in [2.05, 4.69) is 24.3 Å². The van der Waals surface area contributed by atoms with Crippen molar-refractivity contribution < 1.29 is 9.47 Å². The van der Waals surface area contributed by atoms with E-state index < -0.39 is 0 Å². The number of rotatable bonds is 3. The summed E-state index contributed by atoms with van der Waals surface area (Å²) in [6.07, 6.45) is 1.06. The molecule has 2 aromatic carbocycles. The second-order valence-corrected chi connectivity index (χ2v) is 5.91. The highest BCUT2D eigenvalue weighted by Gasteiger charge is 2.20. The number of methoxy groups -OCH3 is 1. The summed E-state index contributed by atoms with van der Waals surface area (Å²) in [5, 5.41) is 0.475. The van der Waals surface area contributed by atoms with E-state index in [1.165, 1.54) is 10.5 Å². The minimum Gasteiger partial charge on any atom is -0.497 e. The fraction of sp³-hybridized carbons (Fsp3) is 0.250. The van der Waals surface area contributed by atoms with Gasteiger partial charge in [0.05, 0.1) is 7.11 Å². The Kier molecular flexibility index (Phi) is 3.65. The Morgan fingerprint density at radius 2 is 1.89 bits per heavy atom. The van der Waals surface area contributed by atoms with Crippen molar-refractivity contribution in [1.29, 1.82) is 0 Å². The van der Waals surface area contributed by atoms with Crippen LogP contribution in [0.3, 0.4) is 0 Å². The lowest BCUT2D eigenvalue weighted by molar-refractivity contribution is 0.294. The molecule has 1 heterocycles. The molecule has 0 spiro atoms. The average molecular weight is 272 g/mol. The summed E-state index contributed by atoms with van der Waals surface area (Å²) in [6.45, 7) is 0.772. The molecule has 3 rings (SSSR count). The topological polar surface area (TPSA) is 18.5 Å². The van der Waals surface area contributed by atoms with Crippen LogP contribution in [0.1, 0.15) is 5.56 Å². The molecule has 19 heavy (non-hydrogen) atoms. The molecule has 1 atom stereocenters. The summed E-state index contributed by atoms with van der Waals surface area (Å²) in [5.41, 5.74) is 1.31. The van der Waals surface area contributed by atoms with Crippen molar-refractivity contribution in [1.82, 2.24) is 0 Å². The van der Waals surface area contributed by atoms with Crippen LogP contribution in [0.4, 0.5) is 0 Å². The van der Waals surface area contributed by atoms with Crippen LogP contribution in [-0.2, 0) is 6.42 Å². The van der Waals surface area contributed by atoms with E-state index in [-0.39, 0.29) is 0 Å². The van der Waals surface area contributed by atoms with Gasteiger partial charge in [0.1, 0.15) is 18.1 Å². The maximum atomic E-state index is 5.81. The second kappa shape index (κ2) is 5.57. The van der Waals surface area contributed by atoms with E-state index >= 15 is 0 Å². The van der Waals surface area contributed by atoms with Crippen molar-refractivity contribution in [2.45, 2.75) is 16.6 Å². The van der Waals surface area contributed by atoms with Crippen LogP contribution < -0.4 is 9.47 Å². The van der Waals surface area contributed by atoms with Gasteiger partial charge in [0.15, 0.2) is 0 Å². The standard InChI is InChI=1S/C16H16O2S/c1-17-13-6-8-14(9-7-13)19-15-10-12-4-2-3-5-16(12)18-11-15/h2-9,15H,10-11H2,1H3. The smallest absolute Gasteiger partial charge is 0.122 e. The number of thioether (sulfide) groups is 1. The molecule has 0 amide bonds. The molecule has 0 radical (unpaired) electrons. The molecule has 1 aliphatic rings. The highest BCUT2D eigenvalue weighted by atomic mass is 32.2.